The van der Waals surface area contributed by atoms with Crippen molar-refractivity contribution in [3.8, 4) is 0 Å². The molecule has 2 aliphatic carbocycles. The first-order valence-electron chi connectivity index (χ1n) is 6.96. The van der Waals surface area contributed by atoms with Gasteiger partial charge in [-0.25, -0.2) is 0 Å². The normalized spacial score (nSPS) is 15.3. The summed E-state index contributed by atoms with van der Waals surface area (Å²) >= 11 is 0. The van der Waals surface area contributed by atoms with E-state index in [4.69, 9.17) is 0 Å². The van der Waals surface area contributed by atoms with E-state index in [1.165, 1.54) is 21.9 Å². The maximum Gasteiger partial charge on any atom is 0.186 e. The average Bonchev–Trinajstić information content (AvgIpc) is 2.65. The molecule has 0 unspecified atom stereocenters. The highest BCUT2D eigenvalue weighted by Crippen LogP contribution is 2.15. The maximum atomic E-state index is 12.0. The topological polar surface area (TPSA) is 17.1 Å². The van der Waals surface area contributed by atoms with E-state index in [2.05, 4.69) is 42.5 Å². The third-order valence-corrected chi connectivity index (χ3v) is 4.13. The summed E-state index contributed by atoms with van der Waals surface area (Å²) in [6.45, 7) is 0. The van der Waals surface area contributed by atoms with Crippen molar-refractivity contribution < 1.29 is 4.79 Å². The lowest BCUT2D eigenvalue weighted by Gasteiger charge is -2.06. The second-order valence-corrected chi connectivity index (χ2v) is 5.37. The van der Waals surface area contributed by atoms with E-state index in [9.17, 15) is 4.79 Å². The van der Waals surface area contributed by atoms with Crippen LogP contribution in [-0.2, 0) is 12.8 Å². The lowest BCUT2D eigenvalue weighted by atomic mass is 9.97. The fourth-order valence-corrected chi connectivity index (χ4v) is 3.05. The summed E-state index contributed by atoms with van der Waals surface area (Å²) in [5.41, 5.74) is 4.81. The Morgan fingerprint density at radius 3 is 2.70 bits per heavy atom. The van der Waals surface area contributed by atoms with Crippen LogP contribution < -0.4 is 10.4 Å². The Hall–Kier alpha value is -2.41. The molecule has 4 rings (SSSR count). The summed E-state index contributed by atoms with van der Waals surface area (Å²) in [5, 5.41) is 2.24. The van der Waals surface area contributed by atoms with E-state index >= 15 is 0 Å². The summed E-state index contributed by atoms with van der Waals surface area (Å²) in [7, 11) is 0. The predicted molar refractivity (Wildman–Crippen MR) is 81.0 cm³/mol. The van der Waals surface area contributed by atoms with Crippen molar-refractivity contribution >= 4 is 17.9 Å². The summed E-state index contributed by atoms with van der Waals surface area (Å²) in [5.74, 6) is 0.108. The van der Waals surface area contributed by atoms with Gasteiger partial charge in [-0.15, -0.1) is 0 Å². The molecule has 2 aromatic rings. The molecule has 0 heterocycles. The van der Waals surface area contributed by atoms with Gasteiger partial charge in [0.25, 0.3) is 0 Å². The predicted octanol–water partition coefficient (Wildman–Crippen LogP) is 2.15. The number of carbonyl (C=O) groups is 1. The second-order valence-electron chi connectivity index (χ2n) is 5.37. The highest BCUT2D eigenvalue weighted by atomic mass is 16.1. The van der Waals surface area contributed by atoms with Gasteiger partial charge >= 0.3 is 0 Å². The standard InChI is InChI=1S/C19H14O/c20-19-7-3-6-16-10-15-9-8-13-4-1-2-5-14(13)11-17(15)12-18(16)19/h1-7,10-12H,8-9H2. The Bertz CT molecular complexity index is 869. The Labute approximate surface area is 117 Å². The summed E-state index contributed by atoms with van der Waals surface area (Å²) in [6.07, 6.45) is 9.80. The Balaban J connectivity index is 2.02. The van der Waals surface area contributed by atoms with Crippen LogP contribution in [-0.4, -0.2) is 5.78 Å². The molecule has 0 bridgehead atoms. The van der Waals surface area contributed by atoms with E-state index in [1.807, 2.05) is 12.2 Å². The van der Waals surface area contributed by atoms with Crippen LogP contribution in [0, 0.1) is 0 Å². The molecule has 0 atom stereocenters. The second kappa shape index (κ2) is 4.31. The van der Waals surface area contributed by atoms with Gasteiger partial charge in [0.15, 0.2) is 5.78 Å². The third-order valence-electron chi connectivity index (χ3n) is 4.13. The highest BCUT2D eigenvalue weighted by Gasteiger charge is 2.12. The van der Waals surface area contributed by atoms with Crippen LogP contribution in [0.2, 0.25) is 0 Å². The van der Waals surface area contributed by atoms with Crippen molar-refractivity contribution in [1.29, 1.82) is 0 Å². The van der Waals surface area contributed by atoms with Gasteiger partial charge in [0, 0.05) is 5.56 Å². The molecule has 0 N–H and O–H groups in total. The van der Waals surface area contributed by atoms with Gasteiger partial charge < -0.3 is 0 Å². The molecule has 0 spiro atoms. The molecule has 0 saturated carbocycles. The third kappa shape index (κ3) is 1.75. The van der Waals surface area contributed by atoms with Gasteiger partial charge in [-0.2, -0.15) is 0 Å². The zero-order chi connectivity index (χ0) is 13.5. The van der Waals surface area contributed by atoms with Gasteiger partial charge in [-0.1, -0.05) is 42.5 Å². The molecule has 0 radical (unpaired) electrons. The number of ketones is 1. The molecule has 0 aliphatic heterocycles. The van der Waals surface area contributed by atoms with Crippen molar-refractivity contribution in [1.82, 2.24) is 0 Å². The molecule has 2 aromatic carbocycles. The van der Waals surface area contributed by atoms with Crippen LogP contribution >= 0.6 is 0 Å². The van der Waals surface area contributed by atoms with Crippen molar-refractivity contribution in [2.75, 3.05) is 0 Å². The van der Waals surface area contributed by atoms with Gasteiger partial charge in [-0.3, -0.25) is 4.79 Å². The number of aryl methyl sites for hydroxylation is 2. The first-order chi connectivity index (χ1) is 9.81. The van der Waals surface area contributed by atoms with E-state index in [0.29, 0.717) is 0 Å². The fourth-order valence-electron chi connectivity index (χ4n) is 3.05. The first-order valence-corrected chi connectivity index (χ1v) is 6.96. The first kappa shape index (κ1) is 11.4. The minimum atomic E-state index is 0.108. The number of benzene rings is 2. The Morgan fingerprint density at radius 2 is 1.75 bits per heavy atom. The van der Waals surface area contributed by atoms with E-state index < -0.39 is 0 Å². The SMILES string of the molecule is O=C1C=CC=c2cc3c(cc21)=Cc1ccccc1CC3. The zero-order valence-electron chi connectivity index (χ0n) is 11.1. The molecule has 0 fully saturated rings. The van der Waals surface area contributed by atoms with Crippen LogP contribution in [0.25, 0.3) is 12.2 Å². The minimum Gasteiger partial charge on any atom is -0.289 e. The molecular formula is C19H14O. The summed E-state index contributed by atoms with van der Waals surface area (Å²) in [4.78, 5) is 12.0. The van der Waals surface area contributed by atoms with Crippen LogP contribution in [0.15, 0.2) is 48.6 Å². The number of rotatable bonds is 0. The lowest BCUT2D eigenvalue weighted by Crippen LogP contribution is -2.23. The quantitative estimate of drug-likeness (QED) is 0.707. The zero-order valence-corrected chi connectivity index (χ0v) is 11.1. The molecule has 0 aromatic heterocycles. The molecule has 1 heteroatoms. The van der Waals surface area contributed by atoms with Crippen LogP contribution in [0.5, 0.6) is 0 Å². The van der Waals surface area contributed by atoms with Crippen LogP contribution in [0.1, 0.15) is 27.0 Å². The number of carbonyl (C=O) groups excluding carboxylic acids is 1. The molecule has 2 aliphatic rings. The summed E-state index contributed by atoms with van der Waals surface area (Å²) in [6, 6.07) is 12.7. The van der Waals surface area contributed by atoms with Crippen molar-refractivity contribution in [2.24, 2.45) is 0 Å². The molecule has 1 nitrogen and oxygen atoms in total. The van der Waals surface area contributed by atoms with Gasteiger partial charge in [0.2, 0.25) is 0 Å². The summed E-state index contributed by atoms with van der Waals surface area (Å²) < 4.78 is 0. The number of hydrogen-bond acceptors (Lipinski definition) is 1. The lowest BCUT2D eigenvalue weighted by molar-refractivity contribution is 0.104. The van der Waals surface area contributed by atoms with Gasteiger partial charge in [-0.05, 0) is 58.2 Å². The van der Waals surface area contributed by atoms with Crippen molar-refractivity contribution in [3.63, 3.8) is 0 Å². The minimum absolute atomic E-state index is 0.108. The number of allylic oxidation sites excluding steroid dienone is 2. The van der Waals surface area contributed by atoms with E-state index in [-0.39, 0.29) is 5.78 Å². The largest absolute Gasteiger partial charge is 0.289 e. The monoisotopic (exact) mass is 258 g/mol. The Morgan fingerprint density at radius 1 is 0.900 bits per heavy atom. The maximum absolute atomic E-state index is 12.0. The van der Waals surface area contributed by atoms with E-state index in [1.54, 1.807) is 6.08 Å². The number of hydrogen-bond donors (Lipinski definition) is 0. The van der Waals surface area contributed by atoms with Gasteiger partial charge in [0.1, 0.15) is 0 Å². The fraction of sp³-hybridized carbons (Fsp3) is 0.105. The highest BCUT2D eigenvalue weighted by molar-refractivity contribution is 6.06. The average molecular weight is 258 g/mol. The Kier molecular flexibility index (Phi) is 2.46. The molecule has 0 amide bonds. The van der Waals surface area contributed by atoms with Gasteiger partial charge in [0.05, 0.1) is 0 Å². The number of fused-ring (bicyclic) bond motifs is 3. The van der Waals surface area contributed by atoms with Crippen LogP contribution in [0.4, 0.5) is 0 Å². The smallest absolute Gasteiger partial charge is 0.186 e. The van der Waals surface area contributed by atoms with Crippen LogP contribution in [0.3, 0.4) is 0 Å². The van der Waals surface area contributed by atoms with Crippen molar-refractivity contribution in [3.05, 3.63) is 81.2 Å². The molecule has 20 heavy (non-hydrogen) atoms. The van der Waals surface area contributed by atoms with E-state index in [0.717, 1.165) is 23.6 Å². The van der Waals surface area contributed by atoms with Crippen molar-refractivity contribution in [2.45, 2.75) is 12.8 Å². The molecular weight excluding hydrogens is 244 g/mol. The molecule has 0 saturated heterocycles. The molecule has 96 valence electrons.